The summed E-state index contributed by atoms with van der Waals surface area (Å²) in [4.78, 5) is 14.9. The first-order valence-electron chi connectivity index (χ1n) is 6.98. The molecule has 2 N–H and O–H groups in total. The second-order valence-corrected chi connectivity index (χ2v) is 6.62. The van der Waals surface area contributed by atoms with Gasteiger partial charge in [0.2, 0.25) is 0 Å². The van der Waals surface area contributed by atoms with Gasteiger partial charge in [0.05, 0.1) is 38.2 Å². The van der Waals surface area contributed by atoms with Gasteiger partial charge in [-0.3, -0.25) is 4.79 Å². The second kappa shape index (κ2) is 7.63. The standard InChI is InChI=1S/C16H19ClN2O2S/c1-19(2)13(15-5-4-8-22-15)10-18-16(20)12-9-11(17)6-7-14(12)21-3/h4-9,13H,10H2,1-3H3,(H,18,20)/p+1/t13-/m0/s1. The van der Waals surface area contributed by atoms with Gasteiger partial charge in [-0.25, -0.2) is 0 Å². The number of hydrogen-bond acceptors (Lipinski definition) is 3. The van der Waals surface area contributed by atoms with E-state index < -0.39 is 0 Å². The van der Waals surface area contributed by atoms with Crippen molar-refractivity contribution in [1.29, 1.82) is 0 Å². The van der Waals surface area contributed by atoms with Gasteiger partial charge in [0, 0.05) is 5.02 Å². The van der Waals surface area contributed by atoms with Gasteiger partial charge in [-0.1, -0.05) is 17.7 Å². The van der Waals surface area contributed by atoms with Crippen molar-refractivity contribution < 1.29 is 14.4 Å². The van der Waals surface area contributed by atoms with Crippen molar-refractivity contribution in [2.45, 2.75) is 6.04 Å². The van der Waals surface area contributed by atoms with Gasteiger partial charge in [0.25, 0.3) is 5.91 Å². The third-order valence-electron chi connectivity index (χ3n) is 3.46. The number of amides is 1. The molecule has 1 aromatic heterocycles. The molecule has 1 heterocycles. The van der Waals surface area contributed by atoms with Crippen LogP contribution >= 0.6 is 22.9 Å². The van der Waals surface area contributed by atoms with Crippen LogP contribution in [0.25, 0.3) is 0 Å². The average Bonchev–Trinajstić information content (AvgIpc) is 3.01. The Morgan fingerprint density at radius 1 is 1.41 bits per heavy atom. The minimum atomic E-state index is -0.179. The molecular weight excluding hydrogens is 320 g/mol. The summed E-state index contributed by atoms with van der Waals surface area (Å²) in [6.07, 6.45) is 0. The molecule has 0 saturated carbocycles. The van der Waals surface area contributed by atoms with E-state index in [1.807, 2.05) is 11.4 Å². The van der Waals surface area contributed by atoms with Crippen LogP contribution in [0.2, 0.25) is 5.02 Å². The highest BCUT2D eigenvalue weighted by atomic mass is 35.5. The molecule has 0 aliphatic rings. The number of hydrogen-bond donors (Lipinski definition) is 2. The lowest BCUT2D eigenvalue weighted by Gasteiger charge is -2.21. The van der Waals surface area contributed by atoms with Gasteiger partial charge < -0.3 is 15.0 Å². The van der Waals surface area contributed by atoms with E-state index in [2.05, 4.69) is 25.5 Å². The molecule has 2 aromatic rings. The molecule has 0 aliphatic heterocycles. The highest BCUT2D eigenvalue weighted by Gasteiger charge is 2.21. The quantitative estimate of drug-likeness (QED) is 0.845. The van der Waals surface area contributed by atoms with Crippen molar-refractivity contribution in [3.63, 3.8) is 0 Å². The van der Waals surface area contributed by atoms with Crippen LogP contribution in [0.1, 0.15) is 21.3 Å². The van der Waals surface area contributed by atoms with Crippen LogP contribution < -0.4 is 15.0 Å². The summed E-state index contributed by atoms with van der Waals surface area (Å²) < 4.78 is 5.23. The SMILES string of the molecule is COc1ccc(Cl)cc1C(=O)NC[C@@H](c1cccs1)[NH+](C)C. The zero-order valence-electron chi connectivity index (χ0n) is 12.9. The maximum atomic E-state index is 12.4. The monoisotopic (exact) mass is 339 g/mol. The first kappa shape index (κ1) is 16.8. The molecule has 0 unspecified atom stereocenters. The van der Waals surface area contributed by atoms with Crippen LogP contribution in [0.3, 0.4) is 0 Å². The van der Waals surface area contributed by atoms with E-state index in [1.165, 1.54) is 9.78 Å². The van der Waals surface area contributed by atoms with E-state index in [0.29, 0.717) is 22.9 Å². The predicted molar refractivity (Wildman–Crippen MR) is 90.2 cm³/mol. The van der Waals surface area contributed by atoms with E-state index in [9.17, 15) is 4.79 Å². The van der Waals surface area contributed by atoms with Crippen molar-refractivity contribution in [3.05, 3.63) is 51.2 Å². The largest absolute Gasteiger partial charge is 0.496 e. The Morgan fingerprint density at radius 3 is 2.77 bits per heavy atom. The summed E-state index contributed by atoms with van der Waals surface area (Å²) in [6.45, 7) is 0.553. The third-order valence-corrected chi connectivity index (χ3v) is 4.68. The zero-order valence-corrected chi connectivity index (χ0v) is 14.4. The number of quaternary nitrogens is 1. The number of carbonyl (C=O) groups excluding carboxylic acids is 1. The van der Waals surface area contributed by atoms with Gasteiger partial charge in [-0.2, -0.15) is 0 Å². The van der Waals surface area contributed by atoms with Crippen LogP contribution in [-0.4, -0.2) is 33.7 Å². The fourth-order valence-corrected chi connectivity index (χ4v) is 3.35. The van der Waals surface area contributed by atoms with Gasteiger partial charge in [0.15, 0.2) is 0 Å². The van der Waals surface area contributed by atoms with E-state index >= 15 is 0 Å². The Labute approximate surface area is 139 Å². The molecule has 0 aliphatic carbocycles. The van der Waals surface area contributed by atoms with Crippen LogP contribution in [0, 0.1) is 0 Å². The van der Waals surface area contributed by atoms with Crippen molar-refractivity contribution in [2.75, 3.05) is 27.7 Å². The first-order chi connectivity index (χ1) is 10.5. The Balaban J connectivity index is 2.10. The summed E-state index contributed by atoms with van der Waals surface area (Å²) in [6, 6.07) is 9.36. The zero-order chi connectivity index (χ0) is 16.1. The number of likely N-dealkylation sites (N-methyl/N-ethyl adjacent to an activating group) is 1. The van der Waals surface area contributed by atoms with Crippen molar-refractivity contribution in [2.24, 2.45) is 0 Å². The predicted octanol–water partition coefficient (Wildman–Crippen LogP) is 2.03. The molecule has 0 bridgehead atoms. The van der Waals surface area contributed by atoms with Gasteiger partial charge in [-0.05, 0) is 29.6 Å². The van der Waals surface area contributed by atoms with E-state index in [-0.39, 0.29) is 11.9 Å². The normalized spacial score (nSPS) is 12.2. The highest BCUT2D eigenvalue weighted by molar-refractivity contribution is 7.10. The molecular formula is C16H20ClN2O2S+. The fourth-order valence-electron chi connectivity index (χ4n) is 2.23. The second-order valence-electron chi connectivity index (χ2n) is 5.20. The molecule has 1 amide bonds. The average molecular weight is 340 g/mol. The number of halogens is 1. The molecule has 0 saturated heterocycles. The van der Waals surface area contributed by atoms with E-state index in [1.54, 1.807) is 36.6 Å². The topological polar surface area (TPSA) is 42.8 Å². The van der Waals surface area contributed by atoms with E-state index in [0.717, 1.165) is 0 Å². The van der Waals surface area contributed by atoms with Crippen molar-refractivity contribution >= 4 is 28.8 Å². The van der Waals surface area contributed by atoms with Crippen molar-refractivity contribution in [1.82, 2.24) is 5.32 Å². The lowest BCUT2D eigenvalue weighted by atomic mass is 10.1. The molecule has 22 heavy (non-hydrogen) atoms. The Kier molecular flexibility index (Phi) is 5.83. The lowest BCUT2D eigenvalue weighted by molar-refractivity contribution is -0.890. The third kappa shape index (κ3) is 4.00. The Morgan fingerprint density at radius 2 is 2.18 bits per heavy atom. The summed E-state index contributed by atoms with van der Waals surface area (Å²) in [5, 5.41) is 5.54. The van der Waals surface area contributed by atoms with Crippen LogP contribution in [0.5, 0.6) is 5.75 Å². The molecule has 1 aromatic carbocycles. The Bertz CT molecular complexity index is 629. The number of nitrogens with one attached hydrogen (secondary N) is 2. The minimum absolute atomic E-state index is 0.179. The summed E-state index contributed by atoms with van der Waals surface area (Å²) in [7, 11) is 5.70. The molecule has 118 valence electrons. The maximum Gasteiger partial charge on any atom is 0.255 e. The molecule has 0 spiro atoms. The van der Waals surface area contributed by atoms with Gasteiger partial charge >= 0.3 is 0 Å². The molecule has 0 radical (unpaired) electrons. The number of carbonyl (C=O) groups is 1. The fraction of sp³-hybridized carbons (Fsp3) is 0.312. The summed E-state index contributed by atoms with van der Waals surface area (Å²) >= 11 is 7.67. The molecule has 4 nitrogen and oxygen atoms in total. The number of methoxy groups -OCH3 is 1. The smallest absolute Gasteiger partial charge is 0.255 e. The van der Waals surface area contributed by atoms with Crippen LogP contribution in [-0.2, 0) is 0 Å². The lowest BCUT2D eigenvalue weighted by Crippen LogP contribution is -3.06. The molecule has 1 atom stereocenters. The number of ether oxygens (including phenoxy) is 1. The van der Waals surface area contributed by atoms with Crippen molar-refractivity contribution in [3.8, 4) is 5.75 Å². The minimum Gasteiger partial charge on any atom is -0.496 e. The van der Waals surface area contributed by atoms with E-state index in [4.69, 9.17) is 16.3 Å². The number of rotatable bonds is 6. The van der Waals surface area contributed by atoms with Crippen LogP contribution in [0.4, 0.5) is 0 Å². The summed E-state index contributed by atoms with van der Waals surface area (Å²) in [5.74, 6) is 0.342. The number of thiophene rings is 1. The molecule has 6 heteroatoms. The number of benzene rings is 1. The van der Waals surface area contributed by atoms with Gasteiger partial charge in [-0.15, -0.1) is 11.3 Å². The first-order valence-corrected chi connectivity index (χ1v) is 8.24. The van der Waals surface area contributed by atoms with Gasteiger partial charge in [0.1, 0.15) is 11.8 Å². The molecule has 2 rings (SSSR count). The van der Waals surface area contributed by atoms with Crippen LogP contribution in [0.15, 0.2) is 35.7 Å². The Hall–Kier alpha value is -1.56. The highest BCUT2D eigenvalue weighted by Crippen LogP contribution is 2.22. The molecule has 0 fully saturated rings. The summed E-state index contributed by atoms with van der Waals surface area (Å²) in [5.41, 5.74) is 0.452. The maximum absolute atomic E-state index is 12.4.